The van der Waals surface area contributed by atoms with Gasteiger partial charge in [0.25, 0.3) is 5.56 Å². The first-order chi connectivity index (χ1) is 16.3. The maximum atomic E-state index is 12.3. The van der Waals surface area contributed by atoms with Crippen LogP contribution in [-0.2, 0) is 23.1 Å². The average Bonchev–Trinajstić information content (AvgIpc) is 3.21. The Kier molecular flexibility index (Phi) is 7.28. The Morgan fingerprint density at radius 1 is 1.29 bits per heavy atom. The zero-order valence-electron chi connectivity index (χ0n) is 20.5. The van der Waals surface area contributed by atoms with Crippen molar-refractivity contribution in [3.8, 4) is 0 Å². The van der Waals surface area contributed by atoms with Crippen molar-refractivity contribution in [3.63, 3.8) is 0 Å². The van der Waals surface area contributed by atoms with Crippen molar-refractivity contribution < 1.29 is 14.6 Å². The summed E-state index contributed by atoms with van der Waals surface area (Å²) in [6.45, 7) is 8.07. The minimum absolute atomic E-state index is 0.0144. The second-order valence-corrected chi connectivity index (χ2v) is 9.55. The van der Waals surface area contributed by atoms with Gasteiger partial charge in [-0.3, -0.25) is 9.59 Å². The molecule has 0 spiro atoms. The summed E-state index contributed by atoms with van der Waals surface area (Å²) >= 11 is 0. The zero-order valence-corrected chi connectivity index (χ0v) is 20.5. The van der Waals surface area contributed by atoms with E-state index in [2.05, 4.69) is 40.7 Å². The van der Waals surface area contributed by atoms with Gasteiger partial charge in [-0.05, 0) is 62.8 Å². The molecule has 0 radical (unpaired) electrons. The lowest BCUT2D eigenvalue weighted by molar-refractivity contribution is -0.139. The molecule has 2 aromatic rings. The number of carboxylic acids is 1. The highest BCUT2D eigenvalue weighted by atomic mass is 16.5. The predicted octanol–water partition coefficient (Wildman–Crippen LogP) is 3.39. The Morgan fingerprint density at radius 3 is 2.68 bits per heavy atom. The lowest BCUT2D eigenvalue weighted by Gasteiger charge is -2.39. The number of rotatable bonds is 8. The standard InChI is InChI=1S/C26H36N4O4/c1-5-21(26(32)33)27-14-18-6-7-23-22(13-18)28-24(20-12-16(2)25(31)29(4)15-20)30(23)17(3)19-8-10-34-11-9-19/h6-7,12-13,15,17,19,21,24,27-28H,5,8-11,14H2,1-4H3,(H,32,33). The van der Waals surface area contributed by atoms with Gasteiger partial charge in [0.05, 0.1) is 11.4 Å². The Labute approximate surface area is 200 Å². The van der Waals surface area contributed by atoms with Gasteiger partial charge in [-0.2, -0.15) is 0 Å². The number of hydrogen-bond acceptors (Lipinski definition) is 6. The number of carbonyl (C=O) groups is 1. The van der Waals surface area contributed by atoms with Crippen LogP contribution in [0.5, 0.6) is 0 Å². The number of anilines is 2. The lowest BCUT2D eigenvalue weighted by atomic mass is 9.91. The van der Waals surface area contributed by atoms with E-state index < -0.39 is 12.0 Å². The third-order valence-corrected chi connectivity index (χ3v) is 7.25. The van der Waals surface area contributed by atoms with Gasteiger partial charge in [-0.15, -0.1) is 0 Å². The van der Waals surface area contributed by atoms with E-state index in [9.17, 15) is 14.7 Å². The zero-order chi connectivity index (χ0) is 24.4. The molecule has 2 aliphatic heterocycles. The third kappa shape index (κ3) is 4.83. The van der Waals surface area contributed by atoms with E-state index in [-0.39, 0.29) is 17.8 Å². The number of pyridine rings is 1. The number of nitrogens with one attached hydrogen (secondary N) is 2. The van der Waals surface area contributed by atoms with Crippen molar-refractivity contribution in [1.29, 1.82) is 0 Å². The highest BCUT2D eigenvalue weighted by Gasteiger charge is 2.37. The number of ether oxygens (including phenoxy) is 1. The summed E-state index contributed by atoms with van der Waals surface area (Å²) in [6, 6.07) is 8.01. The first-order valence-electron chi connectivity index (χ1n) is 12.2. The molecule has 2 aliphatic rings. The number of aryl methyl sites for hydroxylation is 2. The van der Waals surface area contributed by atoms with Crippen LogP contribution in [0.2, 0.25) is 0 Å². The molecule has 1 fully saturated rings. The quantitative estimate of drug-likeness (QED) is 0.547. The fraction of sp³-hybridized carbons (Fsp3) is 0.538. The van der Waals surface area contributed by atoms with Crippen LogP contribution in [0.4, 0.5) is 11.4 Å². The first-order valence-corrected chi connectivity index (χ1v) is 12.2. The topological polar surface area (TPSA) is 95.8 Å². The van der Waals surface area contributed by atoms with Gasteiger partial charge >= 0.3 is 5.97 Å². The van der Waals surface area contributed by atoms with E-state index in [1.165, 1.54) is 0 Å². The maximum absolute atomic E-state index is 12.3. The van der Waals surface area contributed by atoms with E-state index in [1.807, 2.05) is 26.1 Å². The molecule has 0 amide bonds. The molecule has 1 aromatic heterocycles. The Morgan fingerprint density at radius 2 is 2.03 bits per heavy atom. The first kappa shape index (κ1) is 24.3. The summed E-state index contributed by atoms with van der Waals surface area (Å²) in [4.78, 5) is 26.1. The molecule has 3 atom stereocenters. The summed E-state index contributed by atoms with van der Waals surface area (Å²) in [6.07, 6.45) is 4.42. The monoisotopic (exact) mass is 468 g/mol. The molecule has 34 heavy (non-hydrogen) atoms. The summed E-state index contributed by atoms with van der Waals surface area (Å²) in [7, 11) is 1.80. The van der Waals surface area contributed by atoms with Gasteiger partial charge in [0.15, 0.2) is 0 Å². The summed E-state index contributed by atoms with van der Waals surface area (Å²) in [5.41, 5.74) is 4.97. The van der Waals surface area contributed by atoms with Crippen molar-refractivity contribution in [2.75, 3.05) is 23.4 Å². The van der Waals surface area contributed by atoms with Crippen LogP contribution >= 0.6 is 0 Å². The molecular weight excluding hydrogens is 432 g/mol. The van der Waals surface area contributed by atoms with Crippen LogP contribution in [-0.4, -0.2) is 40.9 Å². The molecule has 1 saturated heterocycles. The molecule has 3 heterocycles. The highest BCUT2D eigenvalue weighted by Crippen LogP contribution is 2.45. The van der Waals surface area contributed by atoms with E-state index in [1.54, 1.807) is 11.6 Å². The molecule has 0 aliphatic carbocycles. The summed E-state index contributed by atoms with van der Waals surface area (Å²) in [5, 5.41) is 16.2. The molecule has 3 unspecified atom stereocenters. The number of aliphatic carboxylic acids is 1. The number of nitrogens with zero attached hydrogens (tertiary/aromatic N) is 2. The van der Waals surface area contributed by atoms with Crippen molar-refractivity contribution in [2.24, 2.45) is 13.0 Å². The van der Waals surface area contributed by atoms with Crippen molar-refractivity contribution in [3.05, 3.63) is 57.5 Å². The summed E-state index contributed by atoms with van der Waals surface area (Å²) < 4.78 is 7.26. The Balaban J connectivity index is 1.66. The molecule has 0 bridgehead atoms. The minimum Gasteiger partial charge on any atom is -0.480 e. The van der Waals surface area contributed by atoms with Crippen LogP contribution in [0.1, 0.15) is 56.0 Å². The highest BCUT2D eigenvalue weighted by molar-refractivity contribution is 5.78. The van der Waals surface area contributed by atoms with Gasteiger partial charge in [-0.1, -0.05) is 13.0 Å². The second-order valence-electron chi connectivity index (χ2n) is 9.55. The van der Waals surface area contributed by atoms with E-state index >= 15 is 0 Å². The SMILES string of the molecule is CCC(NCc1ccc2c(c1)NC(c1cc(C)c(=O)n(C)c1)N2C(C)C1CCOCC1)C(=O)O. The maximum Gasteiger partial charge on any atom is 0.320 e. The fourth-order valence-corrected chi connectivity index (χ4v) is 5.22. The van der Waals surface area contributed by atoms with Crippen LogP contribution in [0.3, 0.4) is 0 Å². The third-order valence-electron chi connectivity index (χ3n) is 7.25. The molecular formula is C26H36N4O4. The molecule has 4 rings (SSSR count). The predicted molar refractivity (Wildman–Crippen MR) is 133 cm³/mol. The smallest absolute Gasteiger partial charge is 0.320 e. The fourth-order valence-electron chi connectivity index (χ4n) is 5.22. The van der Waals surface area contributed by atoms with Gasteiger partial charge < -0.3 is 29.9 Å². The average molecular weight is 469 g/mol. The normalized spacial score (nSPS) is 20.0. The second kappa shape index (κ2) is 10.2. The van der Waals surface area contributed by atoms with Gasteiger partial charge in [-0.25, -0.2) is 0 Å². The number of carboxylic acid groups (broad SMARTS) is 1. The molecule has 184 valence electrons. The van der Waals surface area contributed by atoms with Crippen molar-refractivity contribution >= 4 is 17.3 Å². The van der Waals surface area contributed by atoms with Crippen LogP contribution < -0.4 is 21.1 Å². The van der Waals surface area contributed by atoms with Crippen LogP contribution in [0, 0.1) is 12.8 Å². The van der Waals surface area contributed by atoms with Gasteiger partial charge in [0.2, 0.25) is 0 Å². The van der Waals surface area contributed by atoms with E-state index in [0.717, 1.165) is 54.1 Å². The molecule has 1 aromatic carbocycles. The molecule has 8 heteroatoms. The number of fused-ring (bicyclic) bond motifs is 1. The lowest BCUT2D eigenvalue weighted by Crippen LogP contribution is -2.43. The molecule has 8 nitrogen and oxygen atoms in total. The van der Waals surface area contributed by atoms with E-state index in [4.69, 9.17) is 4.74 Å². The van der Waals surface area contributed by atoms with Gasteiger partial charge in [0, 0.05) is 50.2 Å². The van der Waals surface area contributed by atoms with Crippen LogP contribution in [0.15, 0.2) is 35.3 Å². The summed E-state index contributed by atoms with van der Waals surface area (Å²) in [5.74, 6) is -0.316. The van der Waals surface area contributed by atoms with Crippen molar-refractivity contribution in [2.45, 2.75) is 64.8 Å². The number of benzene rings is 1. The Hall–Kier alpha value is -2.84. The van der Waals surface area contributed by atoms with Crippen LogP contribution in [0.25, 0.3) is 0 Å². The molecule has 3 N–H and O–H groups in total. The molecule has 0 saturated carbocycles. The number of hydrogen-bond donors (Lipinski definition) is 3. The largest absolute Gasteiger partial charge is 0.480 e. The van der Waals surface area contributed by atoms with Gasteiger partial charge in [0.1, 0.15) is 12.2 Å². The van der Waals surface area contributed by atoms with E-state index in [0.29, 0.717) is 18.9 Å². The minimum atomic E-state index is -0.830. The number of aromatic nitrogens is 1. The Bertz CT molecular complexity index is 1070. The van der Waals surface area contributed by atoms with Crippen molar-refractivity contribution in [1.82, 2.24) is 9.88 Å².